The zero-order chi connectivity index (χ0) is 21.8. The predicted molar refractivity (Wildman–Crippen MR) is 119 cm³/mol. The van der Waals surface area contributed by atoms with Gasteiger partial charge in [-0.1, -0.05) is 30.7 Å². The van der Waals surface area contributed by atoms with Crippen LogP contribution in [0.4, 0.5) is 0 Å². The number of hydrogen-bond donors (Lipinski definition) is 0. The summed E-state index contributed by atoms with van der Waals surface area (Å²) < 4.78 is 18.2. The Labute approximate surface area is 188 Å². The maximum Gasteiger partial charge on any atom is 0.338 e. The number of rotatable bonds is 3. The van der Waals surface area contributed by atoms with Crippen molar-refractivity contribution >= 4 is 17.6 Å². The normalized spacial score (nSPS) is 29.4. The molecule has 5 nitrogen and oxygen atoms in total. The molecule has 4 atom stereocenters. The fourth-order valence-electron chi connectivity index (χ4n) is 5.90. The van der Waals surface area contributed by atoms with Crippen molar-refractivity contribution in [3.05, 3.63) is 58.1 Å². The number of ether oxygens (including phenoxy) is 3. The van der Waals surface area contributed by atoms with Gasteiger partial charge in [0.05, 0.1) is 12.7 Å². The highest BCUT2D eigenvalue weighted by Gasteiger charge is 2.58. The van der Waals surface area contributed by atoms with E-state index in [2.05, 4.69) is 24.9 Å². The van der Waals surface area contributed by atoms with E-state index in [4.69, 9.17) is 25.8 Å². The lowest BCUT2D eigenvalue weighted by atomic mass is 9.59. The molecule has 1 fully saturated rings. The lowest BCUT2D eigenvalue weighted by molar-refractivity contribution is -0.0378. The second-order valence-electron chi connectivity index (χ2n) is 9.18. The third-order valence-electron chi connectivity index (χ3n) is 7.38. The maximum absolute atomic E-state index is 12.7. The monoisotopic (exact) mass is 441 g/mol. The average Bonchev–Trinajstić information content (AvgIpc) is 3.00. The summed E-state index contributed by atoms with van der Waals surface area (Å²) in [5.74, 6) is 1.65. The highest BCUT2D eigenvalue weighted by molar-refractivity contribution is 6.30. The van der Waals surface area contributed by atoms with Crippen molar-refractivity contribution in [2.24, 2.45) is 5.92 Å². The minimum atomic E-state index is -0.329. The van der Waals surface area contributed by atoms with Gasteiger partial charge in [-0.05, 0) is 62.2 Å². The van der Waals surface area contributed by atoms with Gasteiger partial charge in [0.2, 0.25) is 0 Å². The van der Waals surface area contributed by atoms with E-state index in [1.54, 1.807) is 31.4 Å². The minimum absolute atomic E-state index is 0.0371. The average molecular weight is 442 g/mol. The number of nitrogens with zero attached hydrogens (tertiary/aromatic N) is 1. The van der Waals surface area contributed by atoms with Gasteiger partial charge in [-0.25, -0.2) is 4.79 Å². The highest BCUT2D eigenvalue weighted by atomic mass is 35.5. The van der Waals surface area contributed by atoms with Gasteiger partial charge in [0.25, 0.3) is 0 Å². The number of carbonyl (C=O) groups excluding carboxylic acids is 1. The van der Waals surface area contributed by atoms with Crippen LogP contribution in [-0.2, 0) is 16.7 Å². The lowest BCUT2D eigenvalue weighted by Gasteiger charge is -2.46. The first kappa shape index (κ1) is 20.7. The van der Waals surface area contributed by atoms with E-state index >= 15 is 0 Å². The van der Waals surface area contributed by atoms with Crippen molar-refractivity contribution in [3.8, 4) is 11.5 Å². The first-order valence-electron chi connectivity index (χ1n) is 10.9. The summed E-state index contributed by atoms with van der Waals surface area (Å²) in [6.07, 6.45) is 2.29. The van der Waals surface area contributed by atoms with E-state index in [0.717, 1.165) is 37.4 Å². The Morgan fingerprint density at radius 3 is 2.87 bits per heavy atom. The van der Waals surface area contributed by atoms with Gasteiger partial charge in [0.1, 0.15) is 12.2 Å². The topological polar surface area (TPSA) is 48.0 Å². The third-order valence-corrected chi connectivity index (χ3v) is 7.62. The van der Waals surface area contributed by atoms with Crippen molar-refractivity contribution in [3.63, 3.8) is 0 Å². The molecule has 0 aromatic heterocycles. The first-order chi connectivity index (χ1) is 14.9. The molecule has 2 aliphatic heterocycles. The molecule has 6 heteroatoms. The quantitative estimate of drug-likeness (QED) is 0.638. The van der Waals surface area contributed by atoms with Crippen molar-refractivity contribution in [2.75, 3.05) is 20.7 Å². The molecule has 2 unspecified atom stereocenters. The molecule has 2 heterocycles. The molecule has 3 aliphatic rings. The van der Waals surface area contributed by atoms with E-state index in [-0.39, 0.29) is 23.6 Å². The number of hydrogen-bond acceptors (Lipinski definition) is 5. The fraction of sp³-hybridized carbons (Fsp3) is 0.480. The van der Waals surface area contributed by atoms with Crippen molar-refractivity contribution in [1.29, 1.82) is 0 Å². The van der Waals surface area contributed by atoms with Gasteiger partial charge in [0, 0.05) is 29.0 Å². The van der Waals surface area contributed by atoms with Crippen LogP contribution >= 0.6 is 11.6 Å². The van der Waals surface area contributed by atoms with E-state index in [1.165, 1.54) is 11.1 Å². The lowest BCUT2D eigenvalue weighted by Crippen LogP contribution is -2.52. The number of carbonyl (C=O) groups is 1. The maximum atomic E-state index is 12.7. The minimum Gasteiger partial charge on any atom is -0.493 e. The Hall–Kier alpha value is -2.24. The molecular weight excluding hydrogens is 414 g/mol. The molecule has 0 radical (unpaired) electrons. The summed E-state index contributed by atoms with van der Waals surface area (Å²) in [7, 11) is 3.87. The van der Waals surface area contributed by atoms with E-state index in [9.17, 15) is 4.79 Å². The molecule has 2 aromatic rings. The van der Waals surface area contributed by atoms with Gasteiger partial charge >= 0.3 is 5.97 Å². The Morgan fingerprint density at radius 1 is 1.26 bits per heavy atom. The van der Waals surface area contributed by atoms with Crippen LogP contribution in [0, 0.1) is 5.92 Å². The van der Waals surface area contributed by atoms with Crippen LogP contribution in [0.15, 0.2) is 36.4 Å². The molecular formula is C25H28ClNO4. The van der Waals surface area contributed by atoms with Gasteiger partial charge in [-0.2, -0.15) is 0 Å². The van der Waals surface area contributed by atoms with Crippen LogP contribution in [0.1, 0.15) is 47.7 Å². The molecule has 0 bridgehead atoms. The molecule has 0 N–H and O–H groups in total. The predicted octanol–water partition coefficient (Wildman–Crippen LogP) is 4.84. The zero-order valence-corrected chi connectivity index (χ0v) is 18.9. The first-order valence-corrected chi connectivity index (χ1v) is 11.3. The van der Waals surface area contributed by atoms with Crippen LogP contribution in [0.25, 0.3) is 0 Å². The summed E-state index contributed by atoms with van der Waals surface area (Å²) in [6, 6.07) is 11.1. The summed E-state index contributed by atoms with van der Waals surface area (Å²) >= 11 is 6.05. The molecule has 31 heavy (non-hydrogen) atoms. The Balaban J connectivity index is 1.46. The number of methoxy groups -OCH3 is 1. The molecule has 0 saturated heterocycles. The van der Waals surface area contributed by atoms with Crippen molar-refractivity contribution in [1.82, 2.24) is 4.90 Å². The largest absolute Gasteiger partial charge is 0.493 e. The smallest absolute Gasteiger partial charge is 0.338 e. The van der Waals surface area contributed by atoms with E-state index in [1.807, 2.05) is 6.07 Å². The summed E-state index contributed by atoms with van der Waals surface area (Å²) in [5, 5.41) is 0.530. The Morgan fingerprint density at radius 2 is 2.10 bits per heavy atom. The Kier molecular flexibility index (Phi) is 5.14. The Bertz CT molecular complexity index is 1020. The second-order valence-corrected chi connectivity index (χ2v) is 9.61. The van der Waals surface area contributed by atoms with E-state index in [0.29, 0.717) is 22.9 Å². The van der Waals surface area contributed by atoms with Gasteiger partial charge < -0.3 is 19.1 Å². The van der Waals surface area contributed by atoms with Crippen LogP contribution in [-0.4, -0.2) is 43.8 Å². The molecule has 164 valence electrons. The number of benzene rings is 2. The van der Waals surface area contributed by atoms with Crippen molar-refractivity contribution < 1.29 is 19.0 Å². The number of esters is 1. The summed E-state index contributed by atoms with van der Waals surface area (Å²) in [6.45, 7) is 4.19. The third kappa shape index (κ3) is 3.30. The number of halogens is 1. The summed E-state index contributed by atoms with van der Waals surface area (Å²) in [4.78, 5) is 15.1. The van der Waals surface area contributed by atoms with E-state index < -0.39 is 0 Å². The van der Waals surface area contributed by atoms with Crippen LogP contribution in [0.5, 0.6) is 11.5 Å². The van der Waals surface area contributed by atoms with Gasteiger partial charge in [-0.15, -0.1) is 0 Å². The summed E-state index contributed by atoms with van der Waals surface area (Å²) in [5.41, 5.74) is 3.03. The molecule has 1 spiro atoms. The molecule has 5 rings (SSSR count). The van der Waals surface area contributed by atoms with Crippen molar-refractivity contribution in [2.45, 2.75) is 50.4 Å². The molecule has 2 aromatic carbocycles. The van der Waals surface area contributed by atoms with Gasteiger partial charge in [0.15, 0.2) is 11.5 Å². The standard InChI is InChI=1S/C25H28ClNO4/c1-15-11-19(30-24(28)16-5-4-6-18(26)12-16)13-21-25(15)9-10-27(2)14-17-7-8-20(29-3)23(31-21)22(17)25/h4-8,12,15,19,21H,9-11,13-14H2,1-3H3/t15?,19-,21?,25+/m0/s1. The fourth-order valence-corrected chi connectivity index (χ4v) is 6.09. The van der Waals surface area contributed by atoms with Crippen LogP contribution in [0.3, 0.4) is 0 Å². The molecule has 0 amide bonds. The molecule has 1 aliphatic carbocycles. The zero-order valence-electron chi connectivity index (χ0n) is 18.2. The van der Waals surface area contributed by atoms with Crippen LogP contribution < -0.4 is 9.47 Å². The SMILES string of the molecule is COc1ccc2c3c1OC1C[C@@H](OC(=O)c4cccc(Cl)c4)CC(C)[C@@]31CCN(C)C2. The van der Waals surface area contributed by atoms with Gasteiger partial charge in [-0.3, -0.25) is 0 Å². The van der Waals surface area contributed by atoms with Crippen LogP contribution in [0.2, 0.25) is 5.02 Å². The highest BCUT2D eigenvalue weighted by Crippen LogP contribution is 2.59. The second kappa shape index (κ2) is 7.72. The molecule has 1 saturated carbocycles.